The Balaban J connectivity index is 1.32. The van der Waals surface area contributed by atoms with E-state index in [1.54, 1.807) is 29.2 Å². The van der Waals surface area contributed by atoms with E-state index in [1.165, 1.54) is 17.4 Å². The summed E-state index contributed by atoms with van der Waals surface area (Å²) in [4.78, 5) is 40.2. The van der Waals surface area contributed by atoms with Crippen LogP contribution in [-0.4, -0.2) is 55.0 Å². The molecular formula is C24H24N2O5. The van der Waals surface area contributed by atoms with Gasteiger partial charge in [0.2, 0.25) is 12.0 Å². The van der Waals surface area contributed by atoms with Crippen LogP contribution in [0.2, 0.25) is 0 Å². The zero-order chi connectivity index (χ0) is 21.8. The molecule has 7 heteroatoms. The van der Waals surface area contributed by atoms with Gasteiger partial charge in [0, 0.05) is 20.0 Å². The molecule has 0 saturated carbocycles. The summed E-state index contributed by atoms with van der Waals surface area (Å²) < 4.78 is 10.9. The lowest BCUT2D eigenvalue weighted by Crippen LogP contribution is -2.47. The molecule has 31 heavy (non-hydrogen) atoms. The molecule has 160 valence electrons. The van der Waals surface area contributed by atoms with Crippen molar-refractivity contribution in [1.82, 2.24) is 4.90 Å². The van der Waals surface area contributed by atoms with Gasteiger partial charge in [0.15, 0.2) is 6.61 Å². The van der Waals surface area contributed by atoms with E-state index in [1.807, 2.05) is 24.3 Å². The summed E-state index contributed by atoms with van der Waals surface area (Å²) in [6, 6.07) is 17.1. The molecule has 0 spiro atoms. The monoisotopic (exact) mass is 420 g/mol. The van der Waals surface area contributed by atoms with Gasteiger partial charge in [0.05, 0.1) is 12.2 Å². The number of rotatable bonds is 4. The number of amides is 2. The first-order valence-electron chi connectivity index (χ1n) is 10.3. The van der Waals surface area contributed by atoms with E-state index in [4.69, 9.17) is 9.47 Å². The molecule has 0 saturated heterocycles. The van der Waals surface area contributed by atoms with Crippen molar-refractivity contribution in [2.75, 3.05) is 31.1 Å². The molecule has 7 nitrogen and oxygen atoms in total. The van der Waals surface area contributed by atoms with Gasteiger partial charge in [0.25, 0.3) is 5.91 Å². The molecule has 0 aromatic heterocycles. The smallest absolute Gasteiger partial charge is 0.349 e. The van der Waals surface area contributed by atoms with Crippen molar-refractivity contribution >= 4 is 29.0 Å². The normalized spacial score (nSPS) is 17.8. The van der Waals surface area contributed by atoms with Gasteiger partial charge in [-0.1, -0.05) is 48.5 Å². The molecule has 0 bridgehead atoms. The van der Waals surface area contributed by atoms with Gasteiger partial charge >= 0.3 is 5.97 Å². The Morgan fingerprint density at radius 3 is 2.52 bits per heavy atom. The van der Waals surface area contributed by atoms with Gasteiger partial charge in [-0.15, -0.1) is 0 Å². The number of hydrogen-bond acceptors (Lipinski definition) is 5. The fourth-order valence-corrected chi connectivity index (χ4v) is 3.78. The first-order chi connectivity index (χ1) is 15.0. The van der Waals surface area contributed by atoms with E-state index in [2.05, 4.69) is 12.1 Å². The van der Waals surface area contributed by atoms with Crippen LogP contribution in [0.4, 0.5) is 5.69 Å². The molecule has 0 unspecified atom stereocenters. The Morgan fingerprint density at radius 1 is 1.06 bits per heavy atom. The lowest BCUT2D eigenvalue weighted by atomic mass is 10.00. The van der Waals surface area contributed by atoms with Crippen molar-refractivity contribution < 1.29 is 23.9 Å². The van der Waals surface area contributed by atoms with Gasteiger partial charge in [-0.25, -0.2) is 4.79 Å². The Hall–Kier alpha value is -3.61. The Bertz CT molecular complexity index is 1020. The molecule has 4 rings (SSSR count). The second-order valence-electron chi connectivity index (χ2n) is 7.50. The standard InChI is InChI=1S/C24H24N2O5/c1-17(27)26-15-22(31-21-10-6-5-9-20(21)26)24(29)30-16-23(28)25-13-11-19(12-14-25)18-7-3-2-4-8-18/h2-11,22H,12-16H2,1H3/t22-/m1/s1. The third-order valence-corrected chi connectivity index (χ3v) is 5.46. The summed E-state index contributed by atoms with van der Waals surface area (Å²) in [5, 5.41) is 0. The van der Waals surface area contributed by atoms with Crippen LogP contribution in [0.25, 0.3) is 5.57 Å². The van der Waals surface area contributed by atoms with Gasteiger partial charge < -0.3 is 19.3 Å². The molecule has 0 N–H and O–H groups in total. The number of hydrogen-bond donors (Lipinski definition) is 0. The molecule has 0 radical (unpaired) electrons. The van der Waals surface area contributed by atoms with Crippen molar-refractivity contribution in [1.29, 1.82) is 0 Å². The predicted molar refractivity (Wildman–Crippen MR) is 115 cm³/mol. The topological polar surface area (TPSA) is 76.2 Å². The molecule has 2 aromatic rings. The quantitative estimate of drug-likeness (QED) is 0.711. The van der Waals surface area contributed by atoms with Crippen molar-refractivity contribution in [3.05, 3.63) is 66.2 Å². The molecule has 2 aliphatic heterocycles. The maximum Gasteiger partial charge on any atom is 0.349 e. The zero-order valence-corrected chi connectivity index (χ0v) is 17.3. The predicted octanol–water partition coefficient (Wildman–Crippen LogP) is 2.66. The number of benzene rings is 2. The zero-order valence-electron chi connectivity index (χ0n) is 17.3. The lowest BCUT2D eigenvalue weighted by molar-refractivity contribution is -0.157. The molecular weight excluding hydrogens is 396 g/mol. The summed E-state index contributed by atoms with van der Waals surface area (Å²) in [5.74, 6) is -0.672. The first kappa shape index (κ1) is 20.7. The van der Waals surface area contributed by atoms with Crippen LogP contribution >= 0.6 is 0 Å². The minimum atomic E-state index is -0.975. The summed E-state index contributed by atoms with van der Waals surface area (Å²) in [6.07, 6.45) is 1.81. The van der Waals surface area contributed by atoms with Crippen molar-refractivity contribution in [2.24, 2.45) is 0 Å². The first-order valence-corrected chi connectivity index (χ1v) is 10.3. The lowest BCUT2D eigenvalue weighted by Gasteiger charge is -2.33. The number of fused-ring (bicyclic) bond motifs is 1. The second kappa shape index (κ2) is 9.04. The van der Waals surface area contributed by atoms with Gasteiger partial charge in [0.1, 0.15) is 5.75 Å². The molecule has 2 heterocycles. The molecule has 2 amide bonds. The highest BCUT2D eigenvalue weighted by Crippen LogP contribution is 2.33. The van der Waals surface area contributed by atoms with Crippen molar-refractivity contribution in [3.8, 4) is 5.75 Å². The van der Waals surface area contributed by atoms with E-state index >= 15 is 0 Å². The fourth-order valence-electron chi connectivity index (χ4n) is 3.78. The largest absolute Gasteiger partial charge is 0.475 e. The third-order valence-electron chi connectivity index (χ3n) is 5.46. The molecule has 0 aliphatic carbocycles. The van der Waals surface area contributed by atoms with Crippen LogP contribution in [0.3, 0.4) is 0 Å². The summed E-state index contributed by atoms with van der Waals surface area (Å²) in [6.45, 7) is 2.18. The highest BCUT2D eigenvalue weighted by molar-refractivity contribution is 5.95. The van der Waals surface area contributed by atoms with Crippen LogP contribution in [0.5, 0.6) is 5.75 Å². The van der Waals surface area contributed by atoms with E-state index in [9.17, 15) is 14.4 Å². The summed E-state index contributed by atoms with van der Waals surface area (Å²) >= 11 is 0. The third kappa shape index (κ3) is 4.60. The SMILES string of the molecule is CC(=O)N1C[C@H](C(=O)OCC(=O)N2CC=C(c3ccccc3)CC2)Oc2ccccc21. The van der Waals surface area contributed by atoms with Crippen LogP contribution in [-0.2, 0) is 19.1 Å². The van der Waals surface area contributed by atoms with E-state index < -0.39 is 12.1 Å². The Morgan fingerprint density at radius 2 is 1.81 bits per heavy atom. The van der Waals surface area contributed by atoms with Crippen LogP contribution in [0.15, 0.2) is 60.7 Å². The van der Waals surface area contributed by atoms with Gasteiger partial charge in [-0.3, -0.25) is 9.59 Å². The number of nitrogens with zero attached hydrogens (tertiary/aromatic N) is 2. The average Bonchev–Trinajstić information content (AvgIpc) is 2.82. The van der Waals surface area contributed by atoms with E-state index in [-0.39, 0.29) is 25.0 Å². The van der Waals surface area contributed by atoms with Crippen LogP contribution < -0.4 is 9.64 Å². The average molecular weight is 420 g/mol. The van der Waals surface area contributed by atoms with Crippen LogP contribution in [0, 0.1) is 0 Å². The molecule has 0 fully saturated rings. The molecule has 2 aromatic carbocycles. The number of carbonyl (C=O) groups is 3. The molecule has 1 atom stereocenters. The van der Waals surface area contributed by atoms with Crippen molar-refractivity contribution in [2.45, 2.75) is 19.4 Å². The van der Waals surface area contributed by atoms with Gasteiger partial charge in [-0.2, -0.15) is 0 Å². The highest BCUT2D eigenvalue weighted by Gasteiger charge is 2.34. The maximum atomic E-state index is 12.5. The fraction of sp³-hybridized carbons (Fsp3) is 0.292. The van der Waals surface area contributed by atoms with Crippen LogP contribution in [0.1, 0.15) is 18.9 Å². The number of carbonyl (C=O) groups excluding carboxylic acids is 3. The number of anilines is 1. The van der Waals surface area contributed by atoms with E-state index in [0.717, 1.165) is 12.0 Å². The number of ether oxygens (including phenoxy) is 2. The Kier molecular flexibility index (Phi) is 6.02. The minimum absolute atomic E-state index is 0.0479. The summed E-state index contributed by atoms with van der Waals surface area (Å²) in [5.41, 5.74) is 2.98. The number of esters is 1. The van der Waals surface area contributed by atoms with E-state index in [0.29, 0.717) is 24.5 Å². The minimum Gasteiger partial charge on any atom is -0.475 e. The summed E-state index contributed by atoms with van der Waals surface area (Å²) in [7, 11) is 0. The number of para-hydroxylation sites is 2. The molecule has 2 aliphatic rings. The highest BCUT2D eigenvalue weighted by atomic mass is 16.6. The second-order valence-corrected chi connectivity index (χ2v) is 7.50. The van der Waals surface area contributed by atoms with Crippen molar-refractivity contribution in [3.63, 3.8) is 0 Å². The maximum absolute atomic E-state index is 12.5. The Labute approximate surface area is 180 Å². The van der Waals surface area contributed by atoms with Gasteiger partial charge in [-0.05, 0) is 29.7 Å².